The minimum absolute atomic E-state index is 0.208. The molecule has 120 valence electrons. The molecule has 0 bridgehead atoms. The van der Waals surface area contributed by atoms with Crippen LogP contribution in [-0.4, -0.2) is 55.5 Å². The maximum absolute atomic E-state index is 12.3. The highest BCUT2D eigenvalue weighted by Crippen LogP contribution is 2.23. The second kappa shape index (κ2) is 7.40. The van der Waals surface area contributed by atoms with E-state index in [0.717, 1.165) is 31.9 Å². The lowest BCUT2D eigenvalue weighted by molar-refractivity contribution is -0.137. The first-order valence-electron chi connectivity index (χ1n) is 7.84. The molecule has 22 heavy (non-hydrogen) atoms. The number of para-hydroxylation sites is 1. The van der Waals surface area contributed by atoms with Crippen molar-refractivity contribution in [3.63, 3.8) is 0 Å². The van der Waals surface area contributed by atoms with Gasteiger partial charge in [0.2, 0.25) is 0 Å². The first-order chi connectivity index (χ1) is 10.5. The van der Waals surface area contributed by atoms with E-state index in [1.54, 1.807) is 19.1 Å². The number of carbonyl (C=O) groups excluding carboxylic acids is 2. The Kier molecular flexibility index (Phi) is 5.55. The normalized spacial score (nSPS) is 15.9. The predicted molar refractivity (Wildman–Crippen MR) is 86.3 cm³/mol. The Morgan fingerprint density at radius 3 is 2.36 bits per heavy atom. The SMILES string of the molecule is CCOC(=O)C(=O)c1ccccc1N1CCN(C(C)C)CC1. The number of esters is 1. The average Bonchev–Trinajstić information content (AvgIpc) is 2.54. The molecule has 5 heteroatoms. The van der Waals surface area contributed by atoms with Gasteiger partial charge in [-0.3, -0.25) is 9.69 Å². The van der Waals surface area contributed by atoms with E-state index in [4.69, 9.17) is 4.74 Å². The highest BCUT2D eigenvalue weighted by molar-refractivity contribution is 6.41. The third-order valence-electron chi connectivity index (χ3n) is 3.99. The van der Waals surface area contributed by atoms with Gasteiger partial charge in [0.15, 0.2) is 0 Å². The van der Waals surface area contributed by atoms with Crippen LogP contribution in [0.2, 0.25) is 0 Å². The van der Waals surface area contributed by atoms with Crippen LogP contribution in [0.3, 0.4) is 0 Å². The Balaban J connectivity index is 2.16. The number of hydrogen-bond acceptors (Lipinski definition) is 5. The largest absolute Gasteiger partial charge is 0.460 e. The van der Waals surface area contributed by atoms with E-state index in [2.05, 4.69) is 23.6 Å². The van der Waals surface area contributed by atoms with Gasteiger partial charge in [0.25, 0.3) is 5.78 Å². The summed E-state index contributed by atoms with van der Waals surface area (Å²) >= 11 is 0. The van der Waals surface area contributed by atoms with Gasteiger partial charge in [0, 0.05) is 37.9 Å². The summed E-state index contributed by atoms with van der Waals surface area (Å²) in [7, 11) is 0. The van der Waals surface area contributed by atoms with E-state index in [0.29, 0.717) is 11.6 Å². The first-order valence-corrected chi connectivity index (χ1v) is 7.84. The Hall–Kier alpha value is -1.88. The fourth-order valence-electron chi connectivity index (χ4n) is 2.73. The van der Waals surface area contributed by atoms with E-state index in [1.165, 1.54) is 0 Å². The standard InChI is InChI=1S/C17H24N2O3/c1-4-22-17(21)16(20)14-7-5-6-8-15(14)19-11-9-18(10-12-19)13(2)3/h5-8,13H,4,9-12H2,1-3H3. The Labute approximate surface area is 131 Å². The summed E-state index contributed by atoms with van der Waals surface area (Å²) in [6.45, 7) is 9.90. The van der Waals surface area contributed by atoms with Gasteiger partial charge >= 0.3 is 5.97 Å². The molecular weight excluding hydrogens is 280 g/mol. The number of ketones is 1. The molecule has 0 aliphatic carbocycles. The van der Waals surface area contributed by atoms with E-state index < -0.39 is 11.8 Å². The average molecular weight is 304 g/mol. The quantitative estimate of drug-likeness (QED) is 0.473. The predicted octanol–water partition coefficient (Wildman–Crippen LogP) is 1.96. The van der Waals surface area contributed by atoms with Crippen LogP contribution in [0.1, 0.15) is 31.1 Å². The number of anilines is 1. The molecule has 0 spiro atoms. The number of piperazine rings is 1. The van der Waals surface area contributed by atoms with E-state index in [9.17, 15) is 9.59 Å². The van der Waals surface area contributed by atoms with Crippen LogP contribution in [0.5, 0.6) is 0 Å². The van der Waals surface area contributed by atoms with Gasteiger partial charge in [-0.2, -0.15) is 0 Å². The van der Waals surface area contributed by atoms with Crippen molar-refractivity contribution in [2.24, 2.45) is 0 Å². The van der Waals surface area contributed by atoms with Crippen molar-refractivity contribution in [2.45, 2.75) is 26.8 Å². The van der Waals surface area contributed by atoms with Gasteiger partial charge in [0.1, 0.15) is 0 Å². The number of nitrogens with zero attached hydrogens (tertiary/aromatic N) is 2. The van der Waals surface area contributed by atoms with Gasteiger partial charge in [-0.1, -0.05) is 12.1 Å². The van der Waals surface area contributed by atoms with Crippen molar-refractivity contribution >= 4 is 17.4 Å². The maximum atomic E-state index is 12.3. The molecular formula is C17H24N2O3. The van der Waals surface area contributed by atoms with Crippen molar-refractivity contribution in [3.8, 4) is 0 Å². The second-order valence-corrected chi connectivity index (χ2v) is 5.68. The highest BCUT2D eigenvalue weighted by Gasteiger charge is 2.25. The number of Topliss-reactive ketones (excluding diaryl/α,β-unsaturated/α-hetero) is 1. The van der Waals surface area contributed by atoms with Crippen molar-refractivity contribution in [2.75, 3.05) is 37.7 Å². The molecule has 5 nitrogen and oxygen atoms in total. The van der Waals surface area contributed by atoms with Gasteiger partial charge in [-0.05, 0) is 32.9 Å². The molecule has 0 aromatic heterocycles. The molecule has 1 saturated heterocycles. The zero-order valence-electron chi connectivity index (χ0n) is 13.5. The van der Waals surface area contributed by atoms with Crippen LogP contribution >= 0.6 is 0 Å². The Morgan fingerprint density at radius 2 is 1.77 bits per heavy atom. The van der Waals surface area contributed by atoms with Crippen LogP contribution in [-0.2, 0) is 9.53 Å². The minimum Gasteiger partial charge on any atom is -0.460 e. The number of ether oxygens (including phenoxy) is 1. The van der Waals surface area contributed by atoms with Crippen molar-refractivity contribution < 1.29 is 14.3 Å². The molecule has 1 aliphatic rings. The Bertz CT molecular complexity index is 534. The van der Waals surface area contributed by atoms with Gasteiger partial charge in [-0.15, -0.1) is 0 Å². The van der Waals surface area contributed by atoms with E-state index in [1.807, 2.05) is 12.1 Å². The second-order valence-electron chi connectivity index (χ2n) is 5.68. The van der Waals surface area contributed by atoms with Crippen LogP contribution < -0.4 is 4.90 Å². The molecule has 0 saturated carbocycles. The van der Waals surface area contributed by atoms with Crippen LogP contribution in [0.25, 0.3) is 0 Å². The number of rotatable bonds is 5. The van der Waals surface area contributed by atoms with E-state index >= 15 is 0 Å². The van der Waals surface area contributed by atoms with E-state index in [-0.39, 0.29) is 6.61 Å². The molecule has 1 aliphatic heterocycles. The summed E-state index contributed by atoms with van der Waals surface area (Å²) in [6, 6.07) is 7.80. The zero-order chi connectivity index (χ0) is 16.1. The lowest BCUT2D eigenvalue weighted by Gasteiger charge is -2.38. The first kappa shape index (κ1) is 16.5. The summed E-state index contributed by atoms with van der Waals surface area (Å²) in [4.78, 5) is 28.6. The molecule has 0 N–H and O–H groups in total. The molecule has 1 aromatic rings. The van der Waals surface area contributed by atoms with Crippen molar-refractivity contribution in [1.82, 2.24) is 4.90 Å². The number of hydrogen-bond donors (Lipinski definition) is 0. The lowest BCUT2D eigenvalue weighted by Crippen LogP contribution is -2.49. The van der Waals surface area contributed by atoms with Crippen LogP contribution in [0.4, 0.5) is 5.69 Å². The molecule has 2 rings (SSSR count). The molecule has 0 unspecified atom stereocenters. The zero-order valence-corrected chi connectivity index (χ0v) is 13.5. The van der Waals surface area contributed by atoms with Gasteiger partial charge < -0.3 is 9.64 Å². The summed E-state index contributed by atoms with van der Waals surface area (Å²) in [5.74, 6) is -1.35. The lowest BCUT2D eigenvalue weighted by atomic mass is 10.1. The topological polar surface area (TPSA) is 49.9 Å². The smallest absolute Gasteiger partial charge is 0.379 e. The number of carbonyl (C=O) groups is 2. The van der Waals surface area contributed by atoms with Gasteiger partial charge in [0.05, 0.1) is 12.2 Å². The van der Waals surface area contributed by atoms with Crippen LogP contribution in [0, 0.1) is 0 Å². The molecule has 0 amide bonds. The van der Waals surface area contributed by atoms with Crippen molar-refractivity contribution in [3.05, 3.63) is 29.8 Å². The Morgan fingerprint density at radius 1 is 1.14 bits per heavy atom. The fraction of sp³-hybridized carbons (Fsp3) is 0.529. The monoisotopic (exact) mass is 304 g/mol. The highest BCUT2D eigenvalue weighted by atomic mass is 16.5. The van der Waals surface area contributed by atoms with Crippen LogP contribution in [0.15, 0.2) is 24.3 Å². The maximum Gasteiger partial charge on any atom is 0.379 e. The molecule has 1 fully saturated rings. The molecule has 1 aromatic carbocycles. The third kappa shape index (κ3) is 3.65. The summed E-state index contributed by atoms with van der Waals surface area (Å²) in [5.41, 5.74) is 1.25. The van der Waals surface area contributed by atoms with Gasteiger partial charge in [-0.25, -0.2) is 4.79 Å². The molecule has 1 heterocycles. The summed E-state index contributed by atoms with van der Waals surface area (Å²) in [5, 5.41) is 0. The summed E-state index contributed by atoms with van der Waals surface area (Å²) < 4.78 is 4.83. The molecule has 0 atom stereocenters. The molecule has 0 radical (unpaired) electrons. The van der Waals surface area contributed by atoms with Crippen molar-refractivity contribution in [1.29, 1.82) is 0 Å². The third-order valence-corrected chi connectivity index (χ3v) is 3.99. The number of benzene rings is 1. The fourth-order valence-corrected chi connectivity index (χ4v) is 2.73. The minimum atomic E-state index is -0.782. The summed E-state index contributed by atoms with van der Waals surface area (Å²) in [6.07, 6.45) is 0.